The van der Waals surface area contributed by atoms with Crippen molar-refractivity contribution in [3.8, 4) is 0 Å². The molecule has 2 amide bonds. The van der Waals surface area contributed by atoms with Crippen molar-refractivity contribution in [2.45, 2.75) is 6.10 Å². The third-order valence-corrected chi connectivity index (χ3v) is 5.52. The average molecular weight is 450 g/mol. The van der Waals surface area contributed by atoms with Gasteiger partial charge in [0.15, 0.2) is 0 Å². The van der Waals surface area contributed by atoms with Crippen LogP contribution in [-0.4, -0.2) is 73.7 Å². The molecule has 1 aliphatic rings. The number of methoxy groups -OCH3 is 1. The molecule has 2 aromatic heterocycles. The molecule has 0 radical (unpaired) electrons. The number of benzene rings is 1. The van der Waals surface area contributed by atoms with Gasteiger partial charge >= 0.3 is 0 Å². The molecular formula is C24H27N5O4. The van der Waals surface area contributed by atoms with Crippen molar-refractivity contribution in [1.29, 1.82) is 0 Å². The van der Waals surface area contributed by atoms with E-state index in [-0.39, 0.29) is 11.8 Å². The number of para-hydroxylation sites is 1. The minimum absolute atomic E-state index is 0.0967. The molecule has 33 heavy (non-hydrogen) atoms. The summed E-state index contributed by atoms with van der Waals surface area (Å²) in [7, 11) is 3.35. The van der Waals surface area contributed by atoms with Gasteiger partial charge < -0.3 is 25.0 Å². The molecule has 1 saturated heterocycles. The summed E-state index contributed by atoms with van der Waals surface area (Å²) in [6.45, 7) is 2.03. The van der Waals surface area contributed by atoms with Crippen LogP contribution in [0, 0.1) is 0 Å². The lowest BCUT2D eigenvalue weighted by Gasteiger charge is -2.33. The van der Waals surface area contributed by atoms with Crippen molar-refractivity contribution in [2.75, 3.05) is 52.3 Å². The summed E-state index contributed by atoms with van der Waals surface area (Å²) < 4.78 is 11.0. The predicted molar refractivity (Wildman–Crippen MR) is 124 cm³/mol. The van der Waals surface area contributed by atoms with E-state index in [1.807, 2.05) is 24.3 Å². The topological polar surface area (TPSA) is 106 Å². The second-order valence-corrected chi connectivity index (χ2v) is 7.65. The second-order valence-electron chi connectivity index (χ2n) is 7.65. The Morgan fingerprint density at radius 1 is 1.24 bits per heavy atom. The number of anilines is 1. The Morgan fingerprint density at radius 2 is 2.09 bits per heavy atom. The van der Waals surface area contributed by atoms with E-state index in [0.29, 0.717) is 61.0 Å². The maximum atomic E-state index is 13.1. The highest BCUT2D eigenvalue weighted by Gasteiger charge is 2.28. The quantitative estimate of drug-likeness (QED) is 0.533. The summed E-state index contributed by atoms with van der Waals surface area (Å²) in [6.07, 6.45) is 1.17. The molecule has 1 aromatic carbocycles. The SMILES string of the molecule is CNc1cc(C(=O)N2CCOC(c3cc(C(=O)NCCOC)c4ccccc4n3)C2)ccn1. The van der Waals surface area contributed by atoms with Crippen LogP contribution >= 0.6 is 0 Å². The number of pyridine rings is 2. The number of amides is 2. The van der Waals surface area contributed by atoms with Crippen LogP contribution in [0.15, 0.2) is 48.7 Å². The van der Waals surface area contributed by atoms with Gasteiger partial charge in [0.25, 0.3) is 11.8 Å². The largest absolute Gasteiger partial charge is 0.383 e. The standard InChI is InChI=1S/C24H27N5O4/c1-25-22-13-16(7-8-26-22)24(31)29-10-12-33-21(15-29)20-14-18(23(30)27-9-11-32-2)17-5-3-4-6-19(17)28-20/h3-8,13-14,21H,9-12,15H2,1-2H3,(H,25,26)(H,27,30). The fraction of sp³-hybridized carbons (Fsp3) is 0.333. The molecule has 0 aliphatic carbocycles. The monoisotopic (exact) mass is 449 g/mol. The Bertz CT molecular complexity index is 1150. The molecule has 1 fully saturated rings. The summed E-state index contributed by atoms with van der Waals surface area (Å²) in [6, 6.07) is 12.7. The predicted octanol–water partition coefficient (Wildman–Crippen LogP) is 2.26. The van der Waals surface area contributed by atoms with Gasteiger partial charge in [-0.15, -0.1) is 0 Å². The smallest absolute Gasteiger partial charge is 0.254 e. The highest BCUT2D eigenvalue weighted by molar-refractivity contribution is 6.06. The van der Waals surface area contributed by atoms with E-state index in [2.05, 4.69) is 15.6 Å². The molecule has 0 saturated carbocycles. The Hall–Kier alpha value is -3.56. The molecular weight excluding hydrogens is 422 g/mol. The Labute approximate surface area is 192 Å². The van der Waals surface area contributed by atoms with Gasteiger partial charge in [0.05, 0.1) is 36.5 Å². The molecule has 4 rings (SSSR count). The molecule has 3 aromatic rings. The normalized spacial score (nSPS) is 15.9. The summed E-state index contributed by atoms with van der Waals surface area (Å²) in [5.74, 6) is 0.332. The third kappa shape index (κ3) is 5.10. The van der Waals surface area contributed by atoms with E-state index in [1.165, 1.54) is 0 Å². The highest BCUT2D eigenvalue weighted by Crippen LogP contribution is 2.27. The molecule has 0 bridgehead atoms. The molecule has 0 spiro atoms. The van der Waals surface area contributed by atoms with Crippen molar-refractivity contribution in [3.05, 3.63) is 65.5 Å². The lowest BCUT2D eigenvalue weighted by Crippen LogP contribution is -2.42. The fourth-order valence-electron chi connectivity index (χ4n) is 3.81. The van der Waals surface area contributed by atoms with E-state index >= 15 is 0 Å². The Morgan fingerprint density at radius 3 is 2.91 bits per heavy atom. The first-order valence-corrected chi connectivity index (χ1v) is 10.8. The van der Waals surface area contributed by atoms with Crippen molar-refractivity contribution < 1.29 is 19.1 Å². The summed E-state index contributed by atoms with van der Waals surface area (Å²) in [5, 5.41) is 6.58. The van der Waals surface area contributed by atoms with E-state index in [4.69, 9.17) is 14.5 Å². The maximum absolute atomic E-state index is 13.1. The van der Waals surface area contributed by atoms with Gasteiger partial charge in [-0.05, 0) is 24.3 Å². The van der Waals surface area contributed by atoms with E-state index in [0.717, 1.165) is 5.39 Å². The number of carbonyl (C=O) groups is 2. The summed E-state index contributed by atoms with van der Waals surface area (Å²) in [5.41, 5.74) is 2.40. The Balaban J connectivity index is 1.60. The van der Waals surface area contributed by atoms with Crippen molar-refractivity contribution in [2.24, 2.45) is 0 Å². The number of rotatable bonds is 7. The van der Waals surface area contributed by atoms with Crippen LogP contribution < -0.4 is 10.6 Å². The van der Waals surface area contributed by atoms with Gasteiger partial charge in [0.1, 0.15) is 11.9 Å². The molecule has 2 N–H and O–H groups in total. The van der Waals surface area contributed by atoms with Gasteiger partial charge in [-0.25, -0.2) is 9.97 Å². The van der Waals surface area contributed by atoms with Crippen LogP contribution in [-0.2, 0) is 9.47 Å². The first-order valence-electron chi connectivity index (χ1n) is 10.8. The second kappa shape index (κ2) is 10.4. The van der Waals surface area contributed by atoms with Gasteiger partial charge in [0, 0.05) is 44.4 Å². The van der Waals surface area contributed by atoms with Gasteiger partial charge in [-0.2, -0.15) is 0 Å². The van der Waals surface area contributed by atoms with E-state index in [9.17, 15) is 9.59 Å². The highest BCUT2D eigenvalue weighted by atomic mass is 16.5. The molecule has 1 atom stereocenters. The summed E-state index contributed by atoms with van der Waals surface area (Å²) in [4.78, 5) is 36.6. The number of hydrogen-bond acceptors (Lipinski definition) is 7. The zero-order chi connectivity index (χ0) is 23.2. The number of carbonyl (C=O) groups excluding carboxylic acids is 2. The van der Waals surface area contributed by atoms with Crippen LogP contribution in [0.4, 0.5) is 5.82 Å². The van der Waals surface area contributed by atoms with Gasteiger partial charge in [0.2, 0.25) is 0 Å². The number of aromatic nitrogens is 2. The lowest BCUT2D eigenvalue weighted by atomic mass is 10.0. The summed E-state index contributed by atoms with van der Waals surface area (Å²) >= 11 is 0. The first kappa shape index (κ1) is 22.6. The zero-order valence-corrected chi connectivity index (χ0v) is 18.7. The number of ether oxygens (including phenoxy) is 2. The minimum atomic E-state index is -0.441. The van der Waals surface area contributed by atoms with Gasteiger partial charge in [-0.1, -0.05) is 18.2 Å². The molecule has 3 heterocycles. The van der Waals surface area contributed by atoms with Gasteiger partial charge in [-0.3, -0.25) is 9.59 Å². The number of morpholine rings is 1. The van der Waals surface area contributed by atoms with E-state index < -0.39 is 6.10 Å². The Kier molecular flexibility index (Phi) is 7.11. The molecule has 1 aliphatic heterocycles. The number of nitrogens with zero attached hydrogens (tertiary/aromatic N) is 3. The zero-order valence-electron chi connectivity index (χ0n) is 18.7. The number of hydrogen-bond donors (Lipinski definition) is 2. The van der Waals surface area contributed by atoms with Crippen LogP contribution in [0.3, 0.4) is 0 Å². The lowest BCUT2D eigenvalue weighted by molar-refractivity contribution is -0.0246. The molecule has 9 nitrogen and oxygen atoms in total. The van der Waals surface area contributed by atoms with E-state index in [1.54, 1.807) is 43.5 Å². The van der Waals surface area contributed by atoms with Crippen LogP contribution in [0.5, 0.6) is 0 Å². The minimum Gasteiger partial charge on any atom is -0.383 e. The first-order chi connectivity index (χ1) is 16.1. The number of nitrogens with one attached hydrogen (secondary N) is 2. The average Bonchev–Trinajstić information content (AvgIpc) is 2.87. The number of fused-ring (bicyclic) bond motifs is 1. The molecule has 9 heteroatoms. The third-order valence-electron chi connectivity index (χ3n) is 5.52. The molecule has 1 unspecified atom stereocenters. The fourth-order valence-corrected chi connectivity index (χ4v) is 3.81. The molecule has 172 valence electrons. The van der Waals surface area contributed by atoms with Crippen LogP contribution in [0.25, 0.3) is 10.9 Å². The maximum Gasteiger partial charge on any atom is 0.254 e. The van der Waals surface area contributed by atoms with Crippen LogP contribution in [0.1, 0.15) is 32.5 Å². The van der Waals surface area contributed by atoms with Crippen molar-refractivity contribution in [1.82, 2.24) is 20.2 Å². The van der Waals surface area contributed by atoms with Crippen LogP contribution in [0.2, 0.25) is 0 Å². The van der Waals surface area contributed by atoms with Crippen molar-refractivity contribution in [3.63, 3.8) is 0 Å². The van der Waals surface area contributed by atoms with Crippen molar-refractivity contribution >= 4 is 28.5 Å².